The Bertz CT molecular complexity index is 510. The monoisotopic (exact) mass is 290 g/mol. The van der Waals surface area contributed by atoms with E-state index in [2.05, 4.69) is 39.5 Å². The van der Waals surface area contributed by atoms with Crippen LogP contribution >= 0.6 is 11.6 Å². The molecule has 0 unspecified atom stereocenters. The molecule has 1 aromatic rings. The summed E-state index contributed by atoms with van der Waals surface area (Å²) in [6, 6.07) is 7.99. The third-order valence-electron chi connectivity index (χ3n) is 3.89. The molecule has 2 nitrogen and oxygen atoms in total. The van der Waals surface area contributed by atoms with E-state index in [0.29, 0.717) is 12.3 Å². The van der Waals surface area contributed by atoms with Gasteiger partial charge in [-0.15, -0.1) is 11.6 Å². The summed E-state index contributed by atoms with van der Waals surface area (Å²) in [6.45, 7) is 8.22. The van der Waals surface area contributed by atoms with Crippen LogP contribution in [-0.4, -0.2) is 24.2 Å². The highest BCUT2D eigenvalue weighted by molar-refractivity contribution is 6.62. The van der Waals surface area contributed by atoms with Crippen molar-refractivity contribution in [3.05, 3.63) is 29.8 Å². The number of benzene rings is 1. The molecule has 0 radical (unpaired) electrons. The van der Waals surface area contributed by atoms with Gasteiger partial charge in [-0.1, -0.05) is 24.0 Å². The lowest BCUT2D eigenvalue weighted by atomic mass is 9.79. The molecule has 2 rings (SSSR count). The van der Waals surface area contributed by atoms with Crippen molar-refractivity contribution in [3.63, 3.8) is 0 Å². The summed E-state index contributed by atoms with van der Waals surface area (Å²) in [6.07, 6.45) is 0.709. The van der Waals surface area contributed by atoms with Crippen LogP contribution in [0.1, 0.15) is 39.7 Å². The minimum atomic E-state index is -0.315. The minimum absolute atomic E-state index is 0.309. The van der Waals surface area contributed by atoms with Gasteiger partial charge in [0.25, 0.3) is 0 Å². The fourth-order valence-electron chi connectivity index (χ4n) is 1.91. The zero-order valence-corrected chi connectivity index (χ0v) is 13.3. The summed E-state index contributed by atoms with van der Waals surface area (Å²) < 4.78 is 12.0. The fraction of sp³-hybridized carbons (Fsp3) is 0.500. The molecule has 1 fully saturated rings. The van der Waals surface area contributed by atoms with Gasteiger partial charge in [-0.3, -0.25) is 0 Å². The average molecular weight is 291 g/mol. The van der Waals surface area contributed by atoms with Crippen LogP contribution in [0.4, 0.5) is 0 Å². The largest absolute Gasteiger partial charge is 0.494 e. The van der Waals surface area contributed by atoms with Crippen LogP contribution in [0.3, 0.4) is 0 Å². The first-order valence-corrected chi connectivity index (χ1v) is 7.40. The van der Waals surface area contributed by atoms with Gasteiger partial charge in [-0.2, -0.15) is 0 Å². The molecular formula is C16H20BClO2. The van der Waals surface area contributed by atoms with Crippen molar-refractivity contribution >= 4 is 24.2 Å². The van der Waals surface area contributed by atoms with Gasteiger partial charge in [-0.25, -0.2) is 0 Å². The predicted octanol–water partition coefficient (Wildman–Crippen LogP) is 2.97. The van der Waals surface area contributed by atoms with Crippen molar-refractivity contribution in [2.24, 2.45) is 0 Å². The Morgan fingerprint density at radius 1 is 1.05 bits per heavy atom. The summed E-state index contributed by atoms with van der Waals surface area (Å²) >= 11 is 5.60. The van der Waals surface area contributed by atoms with Crippen molar-refractivity contribution in [3.8, 4) is 11.8 Å². The Hall–Kier alpha value is -0.945. The first-order chi connectivity index (χ1) is 9.36. The van der Waals surface area contributed by atoms with Gasteiger partial charge in [0, 0.05) is 17.9 Å². The Labute approximate surface area is 126 Å². The second kappa shape index (κ2) is 5.81. The first kappa shape index (κ1) is 15.4. The Kier molecular flexibility index (Phi) is 4.49. The lowest BCUT2D eigenvalue weighted by Crippen LogP contribution is -2.41. The van der Waals surface area contributed by atoms with Crippen molar-refractivity contribution in [2.75, 3.05) is 5.88 Å². The lowest BCUT2D eigenvalue weighted by Gasteiger charge is -2.32. The van der Waals surface area contributed by atoms with Crippen LogP contribution in [0.25, 0.3) is 0 Å². The topological polar surface area (TPSA) is 18.5 Å². The summed E-state index contributed by atoms with van der Waals surface area (Å²) in [7, 11) is -0.315. The zero-order chi connectivity index (χ0) is 14.8. The van der Waals surface area contributed by atoms with Gasteiger partial charge >= 0.3 is 7.12 Å². The van der Waals surface area contributed by atoms with Crippen molar-refractivity contribution < 1.29 is 9.31 Å². The average Bonchev–Trinajstić information content (AvgIpc) is 2.60. The molecule has 0 N–H and O–H groups in total. The Morgan fingerprint density at radius 3 is 2.10 bits per heavy atom. The molecule has 0 bridgehead atoms. The quantitative estimate of drug-likeness (QED) is 0.474. The molecular weight excluding hydrogens is 270 g/mol. The number of rotatable bonds is 2. The van der Waals surface area contributed by atoms with Crippen LogP contribution in [0.2, 0.25) is 0 Å². The second-order valence-corrected chi connectivity index (χ2v) is 6.33. The fourth-order valence-corrected chi connectivity index (χ4v) is 2.01. The molecule has 0 aromatic heterocycles. The molecule has 1 aromatic carbocycles. The highest BCUT2D eigenvalue weighted by atomic mass is 35.5. The van der Waals surface area contributed by atoms with E-state index < -0.39 is 0 Å². The molecule has 1 saturated heterocycles. The van der Waals surface area contributed by atoms with Crippen molar-refractivity contribution in [1.82, 2.24) is 0 Å². The summed E-state index contributed by atoms with van der Waals surface area (Å²) in [5, 5.41) is 0. The second-order valence-electron chi connectivity index (χ2n) is 5.95. The summed E-state index contributed by atoms with van der Waals surface area (Å²) in [5.41, 5.74) is 1.38. The maximum atomic E-state index is 6.01. The SMILES string of the molecule is CC1(C)OB(c2ccc(C#CCCCl)cc2)OC1(C)C. The molecule has 0 amide bonds. The Balaban J connectivity index is 2.11. The molecule has 1 aliphatic rings. The van der Waals surface area contributed by atoms with Crippen LogP contribution < -0.4 is 5.46 Å². The van der Waals surface area contributed by atoms with Gasteiger partial charge < -0.3 is 9.31 Å². The molecule has 1 heterocycles. The third-order valence-corrected chi connectivity index (χ3v) is 4.08. The van der Waals surface area contributed by atoms with E-state index >= 15 is 0 Å². The molecule has 0 saturated carbocycles. The minimum Gasteiger partial charge on any atom is -0.399 e. The van der Waals surface area contributed by atoms with E-state index in [1.807, 2.05) is 24.3 Å². The highest BCUT2D eigenvalue weighted by Gasteiger charge is 2.51. The van der Waals surface area contributed by atoms with E-state index in [1.165, 1.54) is 0 Å². The molecule has 106 valence electrons. The standard InChI is InChI=1S/C16H20BClO2/c1-15(2)16(3,4)20-17(19-15)14-10-8-13(9-11-14)7-5-6-12-18/h8-11H,6,12H2,1-4H3. The summed E-state index contributed by atoms with van der Waals surface area (Å²) in [4.78, 5) is 0. The molecule has 0 atom stereocenters. The predicted molar refractivity (Wildman–Crippen MR) is 84.4 cm³/mol. The van der Waals surface area contributed by atoms with E-state index in [0.717, 1.165) is 11.0 Å². The summed E-state index contributed by atoms with van der Waals surface area (Å²) in [5.74, 6) is 6.67. The maximum absolute atomic E-state index is 6.01. The third kappa shape index (κ3) is 3.20. The molecule has 1 aliphatic heterocycles. The smallest absolute Gasteiger partial charge is 0.399 e. The number of hydrogen-bond donors (Lipinski definition) is 0. The van der Waals surface area contributed by atoms with E-state index in [1.54, 1.807) is 0 Å². The number of hydrogen-bond acceptors (Lipinski definition) is 2. The van der Waals surface area contributed by atoms with Gasteiger partial charge in [0.1, 0.15) is 0 Å². The van der Waals surface area contributed by atoms with Crippen LogP contribution in [0.5, 0.6) is 0 Å². The van der Waals surface area contributed by atoms with Crippen molar-refractivity contribution in [1.29, 1.82) is 0 Å². The van der Waals surface area contributed by atoms with Crippen molar-refractivity contribution in [2.45, 2.75) is 45.3 Å². The van der Waals surface area contributed by atoms with E-state index in [-0.39, 0.29) is 18.3 Å². The molecule has 4 heteroatoms. The highest BCUT2D eigenvalue weighted by Crippen LogP contribution is 2.36. The van der Waals surface area contributed by atoms with Gasteiger partial charge in [-0.05, 0) is 45.3 Å². The first-order valence-electron chi connectivity index (χ1n) is 6.86. The molecule has 0 spiro atoms. The van der Waals surface area contributed by atoms with E-state index in [9.17, 15) is 0 Å². The number of halogens is 1. The van der Waals surface area contributed by atoms with Gasteiger partial charge in [0.15, 0.2) is 0 Å². The van der Waals surface area contributed by atoms with Crippen LogP contribution in [-0.2, 0) is 9.31 Å². The molecule has 0 aliphatic carbocycles. The van der Waals surface area contributed by atoms with Gasteiger partial charge in [0.2, 0.25) is 0 Å². The maximum Gasteiger partial charge on any atom is 0.494 e. The Morgan fingerprint density at radius 2 is 1.60 bits per heavy atom. The zero-order valence-electron chi connectivity index (χ0n) is 12.5. The normalized spacial score (nSPS) is 19.6. The lowest BCUT2D eigenvalue weighted by molar-refractivity contribution is 0.00578. The number of alkyl halides is 1. The van der Waals surface area contributed by atoms with Gasteiger partial charge in [0.05, 0.1) is 11.2 Å². The molecule has 20 heavy (non-hydrogen) atoms. The van der Waals surface area contributed by atoms with E-state index in [4.69, 9.17) is 20.9 Å². The van der Waals surface area contributed by atoms with Crippen LogP contribution in [0, 0.1) is 11.8 Å². The van der Waals surface area contributed by atoms with Crippen LogP contribution in [0.15, 0.2) is 24.3 Å².